The highest BCUT2D eigenvalue weighted by Crippen LogP contribution is 2.34. The van der Waals surface area contributed by atoms with Crippen LogP contribution in [0.1, 0.15) is 26.7 Å². The summed E-state index contributed by atoms with van der Waals surface area (Å²) in [5.41, 5.74) is 0.758. The van der Waals surface area contributed by atoms with E-state index in [4.69, 9.17) is 0 Å². The van der Waals surface area contributed by atoms with E-state index in [1.807, 2.05) is 50.2 Å². The third-order valence-corrected chi connectivity index (χ3v) is 5.21. The normalized spacial score (nSPS) is 10.2. The van der Waals surface area contributed by atoms with Crippen LogP contribution in [0, 0.1) is 5.92 Å². The molecule has 0 aliphatic heterocycles. The maximum absolute atomic E-state index is 12.5. The second-order valence-corrected chi connectivity index (χ2v) is 8.42. The molecular formula is C23H28N4O5S. The SMILES string of the molecule is COC(=O)NC(=Nc1ccc(Sc2ccccc2)cc1NC(=O)CCC(C)C)NC(=O)OC. The quantitative estimate of drug-likeness (QED) is 0.389. The number of nitrogens with one attached hydrogen (secondary N) is 3. The van der Waals surface area contributed by atoms with E-state index in [1.165, 1.54) is 26.0 Å². The Kier molecular flexibility index (Phi) is 10.2. The Morgan fingerprint density at radius 2 is 1.58 bits per heavy atom. The lowest BCUT2D eigenvalue weighted by molar-refractivity contribution is -0.116. The monoisotopic (exact) mass is 472 g/mol. The zero-order valence-electron chi connectivity index (χ0n) is 19.0. The topological polar surface area (TPSA) is 118 Å². The first kappa shape index (κ1) is 25.7. The second kappa shape index (κ2) is 13.1. The molecule has 0 spiro atoms. The van der Waals surface area contributed by atoms with Gasteiger partial charge >= 0.3 is 12.2 Å². The summed E-state index contributed by atoms with van der Waals surface area (Å²) in [7, 11) is 2.36. The number of anilines is 1. The molecule has 10 heteroatoms. The molecule has 176 valence electrons. The number of nitrogens with zero attached hydrogens (tertiary/aromatic N) is 1. The molecule has 0 bridgehead atoms. The van der Waals surface area contributed by atoms with Crippen molar-refractivity contribution in [2.24, 2.45) is 10.9 Å². The summed E-state index contributed by atoms with van der Waals surface area (Å²) in [4.78, 5) is 42.1. The van der Waals surface area contributed by atoms with Crippen molar-refractivity contribution >= 4 is 47.2 Å². The van der Waals surface area contributed by atoms with Crippen LogP contribution in [0.3, 0.4) is 0 Å². The molecule has 9 nitrogen and oxygen atoms in total. The van der Waals surface area contributed by atoms with E-state index in [-0.39, 0.29) is 11.9 Å². The minimum atomic E-state index is -0.830. The smallest absolute Gasteiger partial charge is 0.413 e. The van der Waals surface area contributed by atoms with Crippen LogP contribution < -0.4 is 16.0 Å². The standard InChI is InChI=1S/C23H28N4O5S/c1-15(2)10-13-20(28)24-19-14-17(33-16-8-6-5-7-9-16)11-12-18(19)25-21(26-22(29)31-3)27-23(30)32-4/h5-9,11-12,14-15H,10,13H2,1-4H3,(H,24,28)(H2,25,26,27,29,30). The van der Waals surface area contributed by atoms with Crippen molar-refractivity contribution < 1.29 is 23.9 Å². The zero-order valence-corrected chi connectivity index (χ0v) is 19.8. The fourth-order valence-corrected chi connectivity index (χ4v) is 3.41. The number of guanidine groups is 1. The summed E-state index contributed by atoms with van der Waals surface area (Å²) in [6, 6.07) is 15.1. The van der Waals surface area contributed by atoms with Crippen LogP contribution in [0.4, 0.5) is 21.0 Å². The first-order chi connectivity index (χ1) is 15.8. The lowest BCUT2D eigenvalue weighted by Crippen LogP contribution is -2.43. The number of aliphatic imine (C=N–C) groups is 1. The number of hydrogen-bond donors (Lipinski definition) is 3. The van der Waals surface area contributed by atoms with E-state index < -0.39 is 12.2 Å². The number of amides is 3. The molecule has 0 atom stereocenters. The van der Waals surface area contributed by atoms with Crippen molar-refractivity contribution in [3.8, 4) is 0 Å². The van der Waals surface area contributed by atoms with Crippen molar-refractivity contribution in [1.82, 2.24) is 10.6 Å². The number of methoxy groups -OCH3 is 2. The van der Waals surface area contributed by atoms with E-state index in [2.05, 4.69) is 30.4 Å². The van der Waals surface area contributed by atoms with Crippen LogP contribution >= 0.6 is 11.8 Å². The minimum absolute atomic E-state index is 0.162. The van der Waals surface area contributed by atoms with Crippen LogP contribution in [0.2, 0.25) is 0 Å². The van der Waals surface area contributed by atoms with Crippen molar-refractivity contribution in [3.63, 3.8) is 0 Å². The molecule has 0 radical (unpaired) electrons. The molecule has 0 saturated carbocycles. The van der Waals surface area contributed by atoms with Gasteiger partial charge in [0.2, 0.25) is 11.9 Å². The van der Waals surface area contributed by atoms with Crippen molar-refractivity contribution in [2.75, 3.05) is 19.5 Å². The average molecular weight is 473 g/mol. The van der Waals surface area contributed by atoms with E-state index in [0.717, 1.165) is 16.2 Å². The van der Waals surface area contributed by atoms with Crippen LogP contribution in [0.5, 0.6) is 0 Å². The molecule has 0 aliphatic rings. The summed E-state index contributed by atoms with van der Waals surface area (Å²) >= 11 is 1.52. The second-order valence-electron chi connectivity index (χ2n) is 7.27. The van der Waals surface area contributed by atoms with Gasteiger partial charge in [0.05, 0.1) is 25.6 Å². The van der Waals surface area contributed by atoms with Crippen LogP contribution in [-0.2, 0) is 14.3 Å². The van der Waals surface area contributed by atoms with E-state index in [1.54, 1.807) is 12.1 Å². The van der Waals surface area contributed by atoms with Crippen molar-refractivity contribution in [2.45, 2.75) is 36.5 Å². The Hall–Kier alpha value is -3.53. The zero-order chi connectivity index (χ0) is 24.2. The first-order valence-electron chi connectivity index (χ1n) is 10.3. The maximum Gasteiger partial charge on any atom is 0.413 e. The number of alkyl carbamates (subject to hydrolysis) is 2. The van der Waals surface area contributed by atoms with Gasteiger partial charge in [-0.2, -0.15) is 0 Å². The largest absolute Gasteiger partial charge is 0.453 e. The lowest BCUT2D eigenvalue weighted by atomic mass is 10.1. The predicted molar refractivity (Wildman–Crippen MR) is 128 cm³/mol. The van der Waals surface area contributed by atoms with Gasteiger partial charge in [0.15, 0.2) is 0 Å². The maximum atomic E-state index is 12.5. The van der Waals surface area contributed by atoms with Gasteiger partial charge < -0.3 is 14.8 Å². The van der Waals surface area contributed by atoms with Gasteiger partial charge in [-0.25, -0.2) is 14.6 Å². The van der Waals surface area contributed by atoms with Crippen molar-refractivity contribution in [3.05, 3.63) is 48.5 Å². The van der Waals surface area contributed by atoms with Gasteiger partial charge in [-0.3, -0.25) is 15.4 Å². The number of ether oxygens (including phenoxy) is 2. The van der Waals surface area contributed by atoms with Crippen LogP contribution in [0.15, 0.2) is 63.3 Å². The van der Waals surface area contributed by atoms with E-state index in [0.29, 0.717) is 23.7 Å². The Balaban J connectivity index is 2.39. The van der Waals surface area contributed by atoms with Gasteiger partial charge in [-0.15, -0.1) is 0 Å². The summed E-state index contributed by atoms with van der Waals surface area (Å²) in [5, 5.41) is 7.51. The molecule has 2 rings (SSSR count). The van der Waals surface area contributed by atoms with Gasteiger partial charge in [-0.05, 0) is 42.7 Å². The highest BCUT2D eigenvalue weighted by molar-refractivity contribution is 7.99. The van der Waals surface area contributed by atoms with Crippen molar-refractivity contribution in [1.29, 1.82) is 0 Å². The number of carbonyl (C=O) groups excluding carboxylic acids is 3. The van der Waals surface area contributed by atoms with Gasteiger partial charge in [0.1, 0.15) is 0 Å². The molecule has 0 heterocycles. The molecule has 0 saturated heterocycles. The number of rotatable bonds is 7. The highest BCUT2D eigenvalue weighted by atomic mass is 32.2. The first-order valence-corrected chi connectivity index (χ1v) is 11.1. The third-order valence-electron chi connectivity index (χ3n) is 4.21. The Morgan fingerprint density at radius 1 is 0.939 bits per heavy atom. The molecule has 3 amide bonds. The van der Waals surface area contributed by atoms with Gasteiger partial charge in [0.25, 0.3) is 0 Å². The average Bonchev–Trinajstić information content (AvgIpc) is 2.79. The number of benzene rings is 2. The molecule has 2 aromatic carbocycles. The Morgan fingerprint density at radius 3 is 2.15 bits per heavy atom. The molecule has 0 unspecified atom stereocenters. The Bertz CT molecular complexity index is 976. The summed E-state index contributed by atoms with van der Waals surface area (Å²) in [6.45, 7) is 4.09. The fraction of sp³-hybridized carbons (Fsp3) is 0.304. The summed E-state index contributed by atoms with van der Waals surface area (Å²) in [5.74, 6) is 0.00795. The molecule has 2 aromatic rings. The van der Waals surface area contributed by atoms with Gasteiger partial charge in [0, 0.05) is 16.2 Å². The number of hydrogen-bond acceptors (Lipinski definition) is 7. The Labute approximate surface area is 197 Å². The summed E-state index contributed by atoms with van der Waals surface area (Å²) in [6.07, 6.45) is -0.570. The van der Waals surface area contributed by atoms with Crippen LogP contribution in [-0.4, -0.2) is 38.3 Å². The fourth-order valence-electron chi connectivity index (χ4n) is 2.54. The molecular weight excluding hydrogens is 444 g/mol. The predicted octanol–water partition coefficient (Wildman–Crippen LogP) is 4.91. The molecule has 3 N–H and O–H groups in total. The van der Waals surface area contributed by atoms with Gasteiger partial charge in [-0.1, -0.05) is 43.8 Å². The molecule has 33 heavy (non-hydrogen) atoms. The molecule has 0 fully saturated rings. The van der Waals surface area contributed by atoms with E-state index in [9.17, 15) is 14.4 Å². The third kappa shape index (κ3) is 9.24. The highest BCUT2D eigenvalue weighted by Gasteiger charge is 2.14. The number of carbonyl (C=O) groups is 3. The minimum Gasteiger partial charge on any atom is -0.453 e. The molecule has 0 aliphatic carbocycles. The lowest BCUT2D eigenvalue weighted by Gasteiger charge is -2.13. The van der Waals surface area contributed by atoms with E-state index >= 15 is 0 Å². The van der Waals surface area contributed by atoms with Crippen LogP contribution in [0.25, 0.3) is 0 Å². The molecule has 0 aromatic heterocycles. The summed E-state index contributed by atoms with van der Waals surface area (Å²) < 4.78 is 9.14.